The summed E-state index contributed by atoms with van der Waals surface area (Å²) in [5, 5.41) is 7.86. The van der Waals surface area contributed by atoms with Crippen LogP contribution >= 0.6 is 0 Å². The molecule has 3 aromatic carbocycles. The molecule has 0 saturated carbocycles. The summed E-state index contributed by atoms with van der Waals surface area (Å²) < 4.78 is 21.9. The topological polar surface area (TPSA) is 177 Å². The van der Waals surface area contributed by atoms with E-state index < -0.39 is 24.3 Å². The number of alkyl carbamates (subject to hydrolysis) is 2. The maximum Gasteiger partial charge on any atom is 0.407 e. The van der Waals surface area contributed by atoms with E-state index in [-0.39, 0.29) is 47.8 Å². The Labute approximate surface area is 380 Å². The van der Waals surface area contributed by atoms with Crippen molar-refractivity contribution in [1.29, 1.82) is 0 Å². The second-order valence-corrected chi connectivity index (χ2v) is 18.4. The third-order valence-electron chi connectivity index (χ3n) is 14.8. The molecule has 4 amide bonds. The number of carbonyl (C=O) groups excluding carboxylic acids is 4. The number of rotatable bonds is 11. The van der Waals surface area contributed by atoms with E-state index in [9.17, 15) is 19.2 Å². The second-order valence-electron chi connectivity index (χ2n) is 18.4. The van der Waals surface area contributed by atoms with E-state index in [0.717, 1.165) is 106 Å². The number of nitrogens with one attached hydrogen (secondary N) is 3. The molecule has 15 heteroatoms. The number of hydrogen-bond donors (Lipinski definition) is 3. The van der Waals surface area contributed by atoms with Crippen molar-refractivity contribution in [3.8, 4) is 28.1 Å². The molecule has 65 heavy (non-hydrogen) atoms. The quantitative estimate of drug-likeness (QED) is 0.134. The minimum absolute atomic E-state index is 0.0138. The van der Waals surface area contributed by atoms with E-state index in [0.29, 0.717) is 39.1 Å². The van der Waals surface area contributed by atoms with Gasteiger partial charge in [-0.1, -0.05) is 45.4 Å². The van der Waals surface area contributed by atoms with Crippen LogP contribution in [0.4, 0.5) is 15.3 Å². The molecule has 5 aliphatic rings. The van der Waals surface area contributed by atoms with Crippen molar-refractivity contribution in [2.75, 3.05) is 27.4 Å². The molecule has 3 fully saturated rings. The monoisotopic (exact) mass is 887 g/mol. The van der Waals surface area contributed by atoms with Gasteiger partial charge in [0.15, 0.2) is 0 Å². The highest BCUT2D eigenvalue weighted by molar-refractivity contribution is 6.07. The number of H-pyrrole nitrogens is 1. The van der Waals surface area contributed by atoms with Crippen molar-refractivity contribution in [2.45, 2.75) is 128 Å². The number of benzene rings is 3. The van der Waals surface area contributed by atoms with E-state index in [1.165, 1.54) is 14.2 Å². The first-order valence-corrected chi connectivity index (χ1v) is 23.4. The lowest BCUT2D eigenvalue weighted by atomic mass is 9.89. The number of ether oxygens (including phenoxy) is 4. The number of aromatic amines is 1. The fourth-order valence-corrected chi connectivity index (χ4v) is 10.9. The lowest BCUT2D eigenvalue weighted by Gasteiger charge is -2.37. The smallest absolute Gasteiger partial charge is 0.407 e. The van der Waals surface area contributed by atoms with Gasteiger partial charge in [-0.05, 0) is 121 Å². The van der Waals surface area contributed by atoms with E-state index in [1.807, 2.05) is 36.8 Å². The van der Waals surface area contributed by atoms with Crippen LogP contribution in [-0.4, -0.2) is 107 Å². The Hall–Kier alpha value is -5.96. The molecule has 0 unspecified atom stereocenters. The van der Waals surface area contributed by atoms with Crippen LogP contribution in [0.15, 0.2) is 53.7 Å². The summed E-state index contributed by atoms with van der Waals surface area (Å²) in [6, 6.07) is 13.2. The third kappa shape index (κ3) is 8.32. The van der Waals surface area contributed by atoms with Crippen LogP contribution in [0, 0.1) is 11.8 Å². The average Bonchev–Trinajstić information content (AvgIpc) is 4.17. The summed E-state index contributed by atoms with van der Waals surface area (Å²) in [4.78, 5) is 70.8. The number of imidazole rings is 1. The molecule has 7 atom stereocenters. The van der Waals surface area contributed by atoms with Gasteiger partial charge in [-0.25, -0.2) is 14.6 Å². The van der Waals surface area contributed by atoms with Gasteiger partial charge in [-0.15, -0.1) is 0 Å². The highest BCUT2D eigenvalue weighted by Gasteiger charge is 2.45. The fraction of sp³-hybridized carbons (Fsp3) is 0.520. The van der Waals surface area contributed by atoms with Gasteiger partial charge in [-0.3, -0.25) is 14.6 Å². The number of nitrogens with zero attached hydrogens (tertiary/aromatic N) is 4. The summed E-state index contributed by atoms with van der Waals surface area (Å²) in [6.07, 6.45) is 7.45. The summed E-state index contributed by atoms with van der Waals surface area (Å²) >= 11 is 0. The first-order valence-electron chi connectivity index (χ1n) is 23.4. The molecule has 5 aliphatic heterocycles. The number of aliphatic imine (C=N–C) groups is 1. The van der Waals surface area contributed by atoms with Crippen molar-refractivity contribution in [3.05, 3.63) is 65.6 Å². The molecular weight excluding hydrogens is 827 g/mol. The zero-order valence-electron chi connectivity index (χ0n) is 38.3. The van der Waals surface area contributed by atoms with E-state index >= 15 is 0 Å². The highest BCUT2D eigenvalue weighted by Crippen LogP contribution is 2.46. The number of fused-ring (bicyclic) bond motifs is 6. The highest BCUT2D eigenvalue weighted by atomic mass is 16.5. The minimum atomic E-state index is -0.703. The number of hydrogen-bond acceptors (Lipinski definition) is 10. The molecule has 0 spiro atoms. The van der Waals surface area contributed by atoms with Crippen molar-refractivity contribution in [2.24, 2.45) is 16.8 Å². The number of amides is 4. The van der Waals surface area contributed by atoms with Crippen LogP contribution < -0.4 is 15.4 Å². The van der Waals surface area contributed by atoms with Crippen molar-refractivity contribution < 1.29 is 38.1 Å². The van der Waals surface area contributed by atoms with Crippen LogP contribution in [0.1, 0.15) is 102 Å². The summed E-state index contributed by atoms with van der Waals surface area (Å²) in [5.41, 5.74) is 8.04. The van der Waals surface area contributed by atoms with E-state index in [2.05, 4.69) is 65.0 Å². The van der Waals surface area contributed by atoms with Gasteiger partial charge in [0.25, 0.3) is 0 Å². The minimum Gasteiger partial charge on any atom is -0.488 e. The molecule has 344 valence electrons. The summed E-state index contributed by atoms with van der Waals surface area (Å²) in [5.74, 6) is 1.23. The SMILES string of the molecule is CC[C@H]1CC[C@@H](C2=Nc3ccc4cc5c(cc4c3C2)OCc2cc(-c3cnc([C@@H]4CC[C@H](C)N4C(=O)[C@@H](NC(=O)OC)[C@@H](C)CC)[nH]3)ccc2-5)N1C(=O)[C@@H](NC(=O)OC)C1CCOCC1. The maximum atomic E-state index is 14.6. The summed E-state index contributed by atoms with van der Waals surface area (Å²) in [7, 11) is 2.63. The largest absolute Gasteiger partial charge is 0.488 e. The number of likely N-dealkylation sites (tertiary alicyclic amines) is 2. The first kappa shape index (κ1) is 44.3. The van der Waals surface area contributed by atoms with Crippen LogP contribution in [0.25, 0.3) is 33.2 Å². The Morgan fingerprint density at radius 1 is 0.877 bits per heavy atom. The van der Waals surface area contributed by atoms with Crippen molar-refractivity contribution >= 4 is 46.2 Å². The number of aromatic nitrogens is 2. The Bertz CT molecular complexity index is 2510. The first-order chi connectivity index (χ1) is 31.5. The zero-order valence-corrected chi connectivity index (χ0v) is 38.3. The Balaban J connectivity index is 0.938. The van der Waals surface area contributed by atoms with Gasteiger partial charge in [0.1, 0.15) is 30.3 Å². The van der Waals surface area contributed by atoms with Crippen LogP contribution in [0.2, 0.25) is 0 Å². The predicted molar refractivity (Wildman–Crippen MR) is 246 cm³/mol. The molecule has 0 aliphatic carbocycles. The molecule has 15 nitrogen and oxygen atoms in total. The second kappa shape index (κ2) is 18.5. The normalized spacial score (nSPS) is 22.8. The Morgan fingerprint density at radius 2 is 1.65 bits per heavy atom. The van der Waals surface area contributed by atoms with Crippen molar-refractivity contribution in [3.63, 3.8) is 0 Å². The van der Waals surface area contributed by atoms with Gasteiger partial charge >= 0.3 is 12.2 Å². The standard InChI is InChI=1S/C50H61N7O8/c1-7-27(3)44(54-49(60)62-5)47(58)56-28(4)9-15-42(56)46-51-25-40(53-46)31-10-13-34-32(21-31)26-65-43-24-35-30(22-37(34)43)11-14-38-36(35)23-39(52-38)41-16-12-33(8-2)57(41)48(59)45(55-50(61)63-6)29-17-19-64-20-18-29/h10-11,13-14,21-22,24-25,27-29,33,41-42,44-45H,7-9,12,15-20,23,26H2,1-6H3,(H,51,53)(H,54,60)(H,55,61)/t27-,28-,33-,41-,42-,44-,45-/m0/s1. The Kier molecular flexibility index (Phi) is 12.6. The third-order valence-corrected chi connectivity index (χ3v) is 14.8. The van der Waals surface area contributed by atoms with Gasteiger partial charge in [0, 0.05) is 43.0 Å². The fourth-order valence-electron chi connectivity index (χ4n) is 10.9. The van der Waals surface area contributed by atoms with Gasteiger partial charge in [0.2, 0.25) is 11.8 Å². The molecule has 3 saturated heterocycles. The summed E-state index contributed by atoms with van der Waals surface area (Å²) in [6.45, 7) is 9.65. The van der Waals surface area contributed by atoms with Gasteiger partial charge in [-0.2, -0.15) is 0 Å². The molecule has 9 rings (SSSR count). The molecule has 0 radical (unpaired) electrons. The lowest BCUT2D eigenvalue weighted by molar-refractivity contribution is -0.138. The molecular formula is C50H61N7O8. The lowest BCUT2D eigenvalue weighted by Crippen LogP contribution is -2.57. The van der Waals surface area contributed by atoms with Gasteiger partial charge < -0.3 is 44.4 Å². The number of carbonyl (C=O) groups is 4. The van der Waals surface area contributed by atoms with Gasteiger partial charge in [0.05, 0.1) is 43.9 Å². The predicted octanol–water partition coefficient (Wildman–Crippen LogP) is 8.16. The molecule has 0 bridgehead atoms. The van der Waals surface area contributed by atoms with E-state index in [4.69, 9.17) is 28.9 Å². The molecule has 1 aromatic heterocycles. The molecule has 6 heterocycles. The Morgan fingerprint density at radius 3 is 2.40 bits per heavy atom. The van der Waals surface area contributed by atoms with E-state index in [1.54, 1.807) is 0 Å². The van der Waals surface area contributed by atoms with Crippen LogP contribution in [0.3, 0.4) is 0 Å². The molecule has 3 N–H and O–H groups in total. The van der Waals surface area contributed by atoms with Crippen LogP contribution in [-0.2, 0) is 36.8 Å². The maximum absolute atomic E-state index is 14.6. The van der Waals surface area contributed by atoms with Crippen molar-refractivity contribution in [1.82, 2.24) is 30.4 Å². The number of methoxy groups -OCH3 is 2. The zero-order chi connectivity index (χ0) is 45.5. The molecule has 4 aromatic rings. The average molecular weight is 888 g/mol. The van der Waals surface area contributed by atoms with Crippen LogP contribution in [0.5, 0.6) is 5.75 Å².